The molecule has 5 heteroatoms. The van der Waals surface area contributed by atoms with Crippen LogP contribution < -0.4 is 0 Å². The second kappa shape index (κ2) is 5.67. The van der Waals surface area contributed by atoms with Gasteiger partial charge in [0, 0.05) is 37.4 Å². The zero-order valence-electron chi connectivity index (χ0n) is 10.8. The van der Waals surface area contributed by atoms with Crippen LogP contribution in [0.2, 0.25) is 5.15 Å². The van der Waals surface area contributed by atoms with Gasteiger partial charge in [0.2, 0.25) is 0 Å². The van der Waals surface area contributed by atoms with Crippen LogP contribution in [0.4, 0.5) is 0 Å². The highest BCUT2D eigenvalue weighted by Gasteiger charge is 2.21. The molecule has 1 aromatic heterocycles. The summed E-state index contributed by atoms with van der Waals surface area (Å²) >= 11 is 5.89. The Morgan fingerprint density at radius 1 is 1.33 bits per heavy atom. The van der Waals surface area contributed by atoms with Crippen LogP contribution in [0.25, 0.3) is 0 Å². The van der Waals surface area contributed by atoms with Crippen LogP contribution >= 0.6 is 11.6 Å². The summed E-state index contributed by atoms with van der Waals surface area (Å²) in [7, 11) is 0. The molecule has 1 aliphatic rings. The first-order chi connectivity index (χ1) is 8.60. The van der Waals surface area contributed by atoms with E-state index < -0.39 is 0 Å². The molecule has 4 nitrogen and oxygen atoms in total. The molecule has 0 saturated carbocycles. The Hall–Kier alpha value is -1.13. The third-order valence-corrected chi connectivity index (χ3v) is 3.47. The highest BCUT2D eigenvalue weighted by molar-refractivity contribution is 6.29. The Bertz CT molecular complexity index is 422. The third-order valence-electron chi connectivity index (χ3n) is 3.28. The zero-order chi connectivity index (χ0) is 13.1. The molecule has 0 unspecified atom stereocenters. The number of hydrogen-bond acceptors (Lipinski definition) is 3. The fourth-order valence-corrected chi connectivity index (χ4v) is 2.45. The van der Waals surface area contributed by atoms with E-state index in [2.05, 4.69) is 16.8 Å². The van der Waals surface area contributed by atoms with Crippen LogP contribution in [0.5, 0.6) is 0 Å². The smallest absolute Gasteiger partial charge is 0.254 e. The van der Waals surface area contributed by atoms with Gasteiger partial charge in [-0.3, -0.25) is 4.79 Å². The number of hydrogen-bond donors (Lipinski definition) is 0. The Kier molecular flexibility index (Phi) is 4.19. The van der Waals surface area contributed by atoms with Crippen molar-refractivity contribution in [2.24, 2.45) is 0 Å². The van der Waals surface area contributed by atoms with Crippen molar-refractivity contribution in [1.29, 1.82) is 0 Å². The third kappa shape index (κ3) is 3.00. The van der Waals surface area contributed by atoms with Crippen molar-refractivity contribution in [2.45, 2.75) is 13.8 Å². The Morgan fingerprint density at radius 2 is 2.00 bits per heavy atom. The second-order valence-electron chi connectivity index (χ2n) is 4.55. The summed E-state index contributed by atoms with van der Waals surface area (Å²) in [6.07, 6.45) is 0. The number of halogens is 1. The quantitative estimate of drug-likeness (QED) is 0.767. The molecule has 0 bridgehead atoms. The van der Waals surface area contributed by atoms with E-state index in [1.807, 2.05) is 11.8 Å². The van der Waals surface area contributed by atoms with E-state index in [1.54, 1.807) is 12.1 Å². The average Bonchev–Trinajstić information content (AvgIpc) is 2.37. The maximum atomic E-state index is 12.3. The lowest BCUT2D eigenvalue weighted by Crippen LogP contribution is -2.48. The van der Waals surface area contributed by atoms with Crippen LogP contribution in [-0.4, -0.2) is 53.4 Å². The van der Waals surface area contributed by atoms with Crippen LogP contribution in [0.3, 0.4) is 0 Å². The molecule has 0 aliphatic carbocycles. The van der Waals surface area contributed by atoms with E-state index in [-0.39, 0.29) is 5.91 Å². The minimum absolute atomic E-state index is 0.0538. The van der Waals surface area contributed by atoms with Gasteiger partial charge in [-0.05, 0) is 25.6 Å². The van der Waals surface area contributed by atoms with Crippen molar-refractivity contribution >= 4 is 17.5 Å². The van der Waals surface area contributed by atoms with Crippen molar-refractivity contribution in [3.8, 4) is 0 Å². The first kappa shape index (κ1) is 13.3. The highest BCUT2D eigenvalue weighted by Crippen LogP contribution is 2.14. The number of carbonyl (C=O) groups excluding carboxylic acids is 1. The van der Waals surface area contributed by atoms with E-state index >= 15 is 0 Å². The number of carbonyl (C=O) groups is 1. The van der Waals surface area contributed by atoms with E-state index in [1.165, 1.54) is 0 Å². The van der Waals surface area contributed by atoms with Crippen LogP contribution in [0.1, 0.15) is 23.0 Å². The maximum Gasteiger partial charge on any atom is 0.254 e. The lowest BCUT2D eigenvalue weighted by atomic mass is 10.2. The molecule has 0 aromatic carbocycles. The molecular formula is C13H18ClN3O. The predicted octanol–water partition coefficient (Wildman–Crippen LogP) is 1.82. The van der Waals surface area contributed by atoms with E-state index in [4.69, 9.17) is 11.6 Å². The summed E-state index contributed by atoms with van der Waals surface area (Å²) < 4.78 is 0. The molecule has 1 saturated heterocycles. The Labute approximate surface area is 113 Å². The summed E-state index contributed by atoms with van der Waals surface area (Å²) in [4.78, 5) is 20.6. The minimum Gasteiger partial charge on any atom is -0.336 e. The zero-order valence-corrected chi connectivity index (χ0v) is 11.6. The van der Waals surface area contributed by atoms with Gasteiger partial charge in [-0.1, -0.05) is 18.5 Å². The van der Waals surface area contributed by atoms with Gasteiger partial charge in [0.25, 0.3) is 5.91 Å². The van der Waals surface area contributed by atoms with Crippen molar-refractivity contribution in [3.63, 3.8) is 0 Å². The molecule has 0 N–H and O–H groups in total. The predicted molar refractivity (Wildman–Crippen MR) is 72.0 cm³/mol. The van der Waals surface area contributed by atoms with Gasteiger partial charge in [-0.15, -0.1) is 0 Å². The van der Waals surface area contributed by atoms with Gasteiger partial charge >= 0.3 is 0 Å². The lowest BCUT2D eigenvalue weighted by Gasteiger charge is -2.34. The van der Waals surface area contributed by atoms with Crippen LogP contribution in [0, 0.1) is 6.92 Å². The number of piperazine rings is 1. The summed E-state index contributed by atoms with van der Waals surface area (Å²) in [5, 5.41) is 0.380. The average molecular weight is 268 g/mol. The van der Waals surface area contributed by atoms with Crippen molar-refractivity contribution in [1.82, 2.24) is 14.8 Å². The van der Waals surface area contributed by atoms with Crippen molar-refractivity contribution in [2.75, 3.05) is 32.7 Å². The maximum absolute atomic E-state index is 12.3. The van der Waals surface area contributed by atoms with Gasteiger partial charge in [0.1, 0.15) is 5.15 Å². The van der Waals surface area contributed by atoms with Gasteiger partial charge in [0.05, 0.1) is 0 Å². The molecular weight excluding hydrogens is 250 g/mol. The first-order valence-electron chi connectivity index (χ1n) is 6.26. The molecule has 18 heavy (non-hydrogen) atoms. The second-order valence-corrected chi connectivity index (χ2v) is 4.93. The number of aromatic nitrogens is 1. The van der Waals surface area contributed by atoms with Crippen LogP contribution in [0.15, 0.2) is 12.1 Å². The largest absolute Gasteiger partial charge is 0.336 e. The number of aryl methyl sites for hydroxylation is 1. The molecule has 0 spiro atoms. The van der Waals surface area contributed by atoms with Gasteiger partial charge in [-0.25, -0.2) is 4.98 Å². The topological polar surface area (TPSA) is 36.4 Å². The molecule has 2 rings (SSSR count). The molecule has 1 amide bonds. The molecule has 1 aliphatic heterocycles. The lowest BCUT2D eigenvalue weighted by molar-refractivity contribution is 0.0643. The van der Waals surface area contributed by atoms with Gasteiger partial charge in [-0.2, -0.15) is 0 Å². The summed E-state index contributed by atoms with van der Waals surface area (Å²) in [6, 6.07) is 3.43. The molecule has 0 radical (unpaired) electrons. The number of nitrogens with zero attached hydrogens (tertiary/aromatic N) is 3. The first-order valence-corrected chi connectivity index (χ1v) is 6.63. The van der Waals surface area contributed by atoms with Gasteiger partial charge < -0.3 is 9.80 Å². The van der Waals surface area contributed by atoms with E-state index in [9.17, 15) is 4.79 Å². The number of pyridine rings is 1. The molecule has 0 atom stereocenters. The minimum atomic E-state index is 0.0538. The molecule has 98 valence electrons. The summed E-state index contributed by atoms with van der Waals surface area (Å²) in [5.41, 5.74) is 1.41. The van der Waals surface area contributed by atoms with E-state index in [0.717, 1.165) is 38.4 Å². The summed E-state index contributed by atoms with van der Waals surface area (Å²) in [6.45, 7) is 8.49. The highest BCUT2D eigenvalue weighted by atomic mass is 35.5. The van der Waals surface area contributed by atoms with Gasteiger partial charge in [0.15, 0.2) is 0 Å². The van der Waals surface area contributed by atoms with Crippen molar-refractivity contribution < 1.29 is 4.79 Å². The van der Waals surface area contributed by atoms with E-state index in [0.29, 0.717) is 10.7 Å². The SMILES string of the molecule is CCN1CCN(C(=O)c2cc(C)nc(Cl)c2)CC1. The fraction of sp³-hybridized carbons (Fsp3) is 0.538. The fourth-order valence-electron chi connectivity index (χ4n) is 2.20. The molecule has 1 fully saturated rings. The van der Waals surface area contributed by atoms with Crippen LogP contribution in [-0.2, 0) is 0 Å². The molecule has 1 aromatic rings. The standard InChI is InChI=1S/C13H18ClN3O/c1-3-16-4-6-17(7-5-16)13(18)11-8-10(2)15-12(14)9-11/h8-9H,3-7H2,1-2H3. The number of amides is 1. The summed E-state index contributed by atoms with van der Waals surface area (Å²) in [5.74, 6) is 0.0538. The normalized spacial score (nSPS) is 16.9. The number of rotatable bonds is 2. The molecule has 2 heterocycles. The number of likely N-dealkylation sites (N-methyl/N-ethyl adjacent to an activating group) is 1. The monoisotopic (exact) mass is 267 g/mol. The Morgan fingerprint density at radius 3 is 2.56 bits per heavy atom. The Balaban J connectivity index is 2.07. The van der Waals surface area contributed by atoms with Crippen molar-refractivity contribution in [3.05, 3.63) is 28.5 Å².